The van der Waals surface area contributed by atoms with Crippen molar-refractivity contribution in [2.45, 2.75) is 46.4 Å². The van der Waals surface area contributed by atoms with Crippen LogP contribution in [0.1, 0.15) is 31.9 Å². The van der Waals surface area contributed by atoms with Gasteiger partial charge in [-0.05, 0) is 57.5 Å². The van der Waals surface area contributed by atoms with Crippen molar-refractivity contribution in [3.8, 4) is 5.75 Å². The van der Waals surface area contributed by atoms with Crippen molar-refractivity contribution in [3.63, 3.8) is 0 Å². The van der Waals surface area contributed by atoms with Crippen LogP contribution in [0, 0.1) is 6.92 Å². The van der Waals surface area contributed by atoms with E-state index in [0.717, 1.165) is 11.1 Å². The number of hydrogen-bond donors (Lipinski definition) is 3. The zero-order valence-electron chi connectivity index (χ0n) is 16.2. The quantitative estimate of drug-likeness (QED) is 0.697. The number of benzene rings is 2. The number of nitrogens with one attached hydrogen (secondary N) is 3. The maximum Gasteiger partial charge on any atom is 0.319 e. The van der Waals surface area contributed by atoms with Crippen LogP contribution in [-0.2, 0) is 11.3 Å². The van der Waals surface area contributed by atoms with Gasteiger partial charge in [-0.15, -0.1) is 0 Å². The minimum absolute atomic E-state index is 0.0728. The maximum atomic E-state index is 12.2. The van der Waals surface area contributed by atoms with Gasteiger partial charge in [0.2, 0.25) is 0 Å². The summed E-state index contributed by atoms with van der Waals surface area (Å²) in [5, 5.41) is 8.37. The molecule has 1 atom stereocenters. The molecule has 0 aromatic heterocycles. The molecule has 3 N–H and O–H groups in total. The number of urea groups is 1. The van der Waals surface area contributed by atoms with Crippen molar-refractivity contribution in [1.82, 2.24) is 10.6 Å². The molecule has 2 rings (SSSR count). The number of amides is 3. The molecule has 6 heteroatoms. The van der Waals surface area contributed by atoms with Gasteiger partial charge in [0.05, 0.1) is 0 Å². The highest BCUT2D eigenvalue weighted by Crippen LogP contribution is 2.14. The third-order valence-electron chi connectivity index (χ3n) is 3.80. The molecule has 0 aliphatic rings. The van der Waals surface area contributed by atoms with E-state index in [2.05, 4.69) is 16.0 Å². The van der Waals surface area contributed by atoms with Crippen LogP contribution in [0.15, 0.2) is 48.5 Å². The molecule has 2 aromatic rings. The van der Waals surface area contributed by atoms with Gasteiger partial charge in [-0.1, -0.05) is 29.8 Å². The molecule has 27 heavy (non-hydrogen) atoms. The Kier molecular flexibility index (Phi) is 7.23. The minimum Gasteiger partial charge on any atom is -0.481 e. The Morgan fingerprint density at radius 3 is 2.19 bits per heavy atom. The Morgan fingerprint density at radius 2 is 1.59 bits per heavy atom. The summed E-state index contributed by atoms with van der Waals surface area (Å²) < 4.78 is 5.65. The van der Waals surface area contributed by atoms with Crippen LogP contribution in [0.25, 0.3) is 0 Å². The first-order valence-corrected chi connectivity index (χ1v) is 9.01. The zero-order chi connectivity index (χ0) is 19.8. The van der Waals surface area contributed by atoms with Gasteiger partial charge in [0.25, 0.3) is 5.91 Å². The van der Waals surface area contributed by atoms with E-state index in [4.69, 9.17) is 4.74 Å². The van der Waals surface area contributed by atoms with E-state index >= 15 is 0 Å². The number of carbonyl (C=O) groups is 2. The summed E-state index contributed by atoms with van der Waals surface area (Å²) >= 11 is 0. The summed E-state index contributed by atoms with van der Waals surface area (Å²) in [5.74, 6) is 0.479. The zero-order valence-corrected chi connectivity index (χ0v) is 16.2. The fraction of sp³-hybridized carbons (Fsp3) is 0.333. The maximum absolute atomic E-state index is 12.2. The summed E-state index contributed by atoms with van der Waals surface area (Å²) in [7, 11) is 0. The second-order valence-corrected chi connectivity index (χ2v) is 6.74. The van der Waals surface area contributed by atoms with Gasteiger partial charge in [-0.2, -0.15) is 0 Å². The number of anilines is 1. The molecule has 2 aromatic carbocycles. The van der Waals surface area contributed by atoms with Gasteiger partial charge in [0, 0.05) is 18.3 Å². The molecule has 0 saturated carbocycles. The molecule has 144 valence electrons. The van der Waals surface area contributed by atoms with Gasteiger partial charge in [-0.3, -0.25) is 4.79 Å². The van der Waals surface area contributed by atoms with E-state index in [1.807, 2.05) is 57.2 Å². The predicted molar refractivity (Wildman–Crippen MR) is 107 cm³/mol. The Labute approximate surface area is 160 Å². The molecule has 0 fully saturated rings. The summed E-state index contributed by atoms with van der Waals surface area (Å²) in [5.41, 5.74) is 2.76. The lowest BCUT2D eigenvalue weighted by Crippen LogP contribution is -2.35. The molecular weight excluding hydrogens is 342 g/mol. The van der Waals surface area contributed by atoms with Crippen LogP contribution in [0.2, 0.25) is 0 Å². The van der Waals surface area contributed by atoms with Crippen LogP contribution >= 0.6 is 0 Å². The molecule has 0 aliphatic carbocycles. The number of rotatable bonds is 7. The highest BCUT2D eigenvalue weighted by molar-refractivity contribution is 5.89. The van der Waals surface area contributed by atoms with Gasteiger partial charge in [0.1, 0.15) is 5.75 Å². The monoisotopic (exact) mass is 369 g/mol. The average molecular weight is 369 g/mol. The molecule has 0 aliphatic heterocycles. The lowest BCUT2D eigenvalue weighted by Gasteiger charge is -2.15. The molecular formula is C21H27N3O3. The Hall–Kier alpha value is -3.02. The van der Waals surface area contributed by atoms with E-state index in [-0.39, 0.29) is 18.0 Å². The Morgan fingerprint density at radius 1 is 0.963 bits per heavy atom. The van der Waals surface area contributed by atoms with Gasteiger partial charge < -0.3 is 20.7 Å². The molecule has 0 bridgehead atoms. The largest absolute Gasteiger partial charge is 0.481 e. The normalized spacial score (nSPS) is 11.6. The number of hydrogen-bond acceptors (Lipinski definition) is 3. The molecule has 6 nitrogen and oxygen atoms in total. The summed E-state index contributed by atoms with van der Waals surface area (Å²) in [6.45, 7) is 7.90. The van der Waals surface area contributed by atoms with Crippen LogP contribution < -0.4 is 20.7 Å². The second kappa shape index (κ2) is 9.62. The summed E-state index contributed by atoms with van der Waals surface area (Å²) in [6, 6.07) is 14.7. The summed E-state index contributed by atoms with van der Waals surface area (Å²) in [4.78, 5) is 23.9. The summed E-state index contributed by atoms with van der Waals surface area (Å²) in [6.07, 6.45) is -0.589. The first-order valence-electron chi connectivity index (χ1n) is 9.01. The van der Waals surface area contributed by atoms with E-state index in [1.165, 1.54) is 0 Å². The van der Waals surface area contributed by atoms with E-state index in [0.29, 0.717) is 18.0 Å². The van der Waals surface area contributed by atoms with Crippen LogP contribution in [-0.4, -0.2) is 24.1 Å². The van der Waals surface area contributed by atoms with Crippen molar-refractivity contribution in [2.24, 2.45) is 0 Å². The van der Waals surface area contributed by atoms with Crippen molar-refractivity contribution in [1.29, 1.82) is 0 Å². The van der Waals surface area contributed by atoms with Gasteiger partial charge in [0.15, 0.2) is 6.10 Å². The van der Waals surface area contributed by atoms with Crippen molar-refractivity contribution >= 4 is 17.6 Å². The molecule has 0 radical (unpaired) electrons. The fourth-order valence-electron chi connectivity index (χ4n) is 2.34. The molecule has 0 heterocycles. The number of ether oxygens (including phenoxy) is 1. The van der Waals surface area contributed by atoms with Gasteiger partial charge in [-0.25, -0.2) is 4.79 Å². The fourth-order valence-corrected chi connectivity index (χ4v) is 2.34. The lowest BCUT2D eigenvalue weighted by molar-refractivity contribution is -0.127. The SMILES string of the molecule is Cc1ccc(OC(C)C(=O)NCc2ccc(NC(=O)NC(C)C)cc2)cc1. The topological polar surface area (TPSA) is 79.5 Å². The highest BCUT2D eigenvalue weighted by atomic mass is 16.5. The van der Waals surface area contributed by atoms with Crippen molar-refractivity contribution in [3.05, 3.63) is 59.7 Å². The van der Waals surface area contributed by atoms with E-state index in [9.17, 15) is 9.59 Å². The van der Waals surface area contributed by atoms with Crippen molar-refractivity contribution in [2.75, 3.05) is 5.32 Å². The third-order valence-corrected chi connectivity index (χ3v) is 3.80. The molecule has 0 spiro atoms. The first kappa shape index (κ1) is 20.3. The smallest absolute Gasteiger partial charge is 0.319 e. The molecule has 3 amide bonds. The number of aryl methyl sites for hydroxylation is 1. The van der Waals surface area contributed by atoms with Crippen molar-refractivity contribution < 1.29 is 14.3 Å². The average Bonchev–Trinajstić information content (AvgIpc) is 2.62. The van der Waals surface area contributed by atoms with Gasteiger partial charge >= 0.3 is 6.03 Å². The Bertz CT molecular complexity index is 755. The van der Waals surface area contributed by atoms with Crippen LogP contribution in [0.4, 0.5) is 10.5 Å². The Balaban J connectivity index is 1.80. The number of carbonyl (C=O) groups excluding carboxylic acids is 2. The highest BCUT2D eigenvalue weighted by Gasteiger charge is 2.14. The van der Waals surface area contributed by atoms with Crippen LogP contribution in [0.5, 0.6) is 5.75 Å². The molecule has 1 unspecified atom stereocenters. The van der Waals surface area contributed by atoms with E-state index in [1.54, 1.807) is 19.1 Å². The predicted octanol–water partition coefficient (Wildman–Crippen LogP) is 3.61. The molecule has 0 saturated heterocycles. The lowest BCUT2D eigenvalue weighted by atomic mass is 10.2. The third kappa shape index (κ3) is 7.01. The standard InChI is InChI=1S/C21H27N3O3/c1-14(2)23-21(26)24-18-9-7-17(8-10-18)13-22-20(25)16(4)27-19-11-5-15(3)6-12-19/h5-12,14,16H,13H2,1-4H3,(H,22,25)(H2,23,24,26). The van der Waals surface area contributed by atoms with E-state index < -0.39 is 6.10 Å². The second-order valence-electron chi connectivity index (χ2n) is 6.74. The first-order chi connectivity index (χ1) is 12.8. The minimum atomic E-state index is -0.589. The van der Waals surface area contributed by atoms with Crippen LogP contribution in [0.3, 0.4) is 0 Å².